The number of rotatable bonds is 22. The van der Waals surface area contributed by atoms with Crippen LogP contribution < -0.4 is 31.5 Å². The van der Waals surface area contributed by atoms with Crippen molar-refractivity contribution in [1.82, 2.24) is 46.0 Å². The molecule has 1 aliphatic carbocycles. The zero-order valence-corrected chi connectivity index (χ0v) is 47.0. The van der Waals surface area contributed by atoms with Gasteiger partial charge >= 0.3 is 6.09 Å². The minimum Gasteiger partial charge on any atom is -0.444 e. The van der Waals surface area contributed by atoms with Gasteiger partial charge in [-0.2, -0.15) is 0 Å². The number of carbonyl (C=O) groups is 5. The Morgan fingerprint density at radius 1 is 0.821 bits per heavy atom. The number of ether oxygens (including phenoxy) is 1. The van der Waals surface area contributed by atoms with Gasteiger partial charge in [-0.15, -0.1) is 0 Å². The zero-order valence-electron chi connectivity index (χ0n) is 46.3. The van der Waals surface area contributed by atoms with Crippen molar-refractivity contribution in [2.75, 3.05) is 82.7 Å². The minimum absolute atomic E-state index is 0. The first-order chi connectivity index (χ1) is 37.4. The van der Waals surface area contributed by atoms with Gasteiger partial charge in [-0.1, -0.05) is 98.1 Å². The molecule has 0 saturated carbocycles. The molecule has 5 amide bonds. The number of pyridine rings is 1. The Kier molecular flexibility index (Phi) is 22.9. The highest BCUT2D eigenvalue weighted by molar-refractivity contribution is 6.30. The maximum Gasteiger partial charge on any atom is 0.411 e. The Bertz CT molecular complexity index is 2810. The molecular weight excluding hydrogens is 1010 g/mol. The normalized spacial score (nSPS) is 14.9. The van der Waals surface area contributed by atoms with Crippen molar-refractivity contribution in [2.24, 2.45) is 0 Å². The third-order valence-corrected chi connectivity index (χ3v) is 13.5. The van der Waals surface area contributed by atoms with Crippen molar-refractivity contribution in [3.8, 4) is 11.1 Å². The number of piperazine rings is 1. The first-order valence-corrected chi connectivity index (χ1v) is 27.4. The summed E-state index contributed by atoms with van der Waals surface area (Å²) in [5, 5.41) is 25.6. The molecule has 2 aromatic heterocycles. The van der Waals surface area contributed by atoms with Gasteiger partial charge in [-0.05, 0) is 113 Å². The van der Waals surface area contributed by atoms with Crippen LogP contribution in [-0.2, 0) is 38.5 Å². The number of amides is 5. The molecule has 19 heteroatoms. The topological polar surface area (TPSA) is 223 Å². The molecule has 7 rings (SSSR count). The number of benzene rings is 3. The Morgan fingerprint density at radius 3 is 2.27 bits per heavy atom. The van der Waals surface area contributed by atoms with Crippen LogP contribution in [0.1, 0.15) is 118 Å². The quantitative estimate of drug-likeness (QED) is 0.0368. The SMILES string of the molecule is CCc1cccc(-c2cnc(C(=O)NCCCCCNCC(=O)NCCNC)c(NC(=O)CN(Cc3cccc(C)c3)C(=O)OC(C)(C)C)c2)c1.C[C@@H]1CC(O)c2ncnc(N3CCN(C(=O)Cc4ccc(Cl)cc4)CC3)c21.[HH]. The lowest BCUT2D eigenvalue weighted by Crippen LogP contribution is -2.49. The highest BCUT2D eigenvalue weighted by atomic mass is 35.5. The maximum atomic E-state index is 13.6. The second-order valence-corrected chi connectivity index (χ2v) is 21.3. The van der Waals surface area contributed by atoms with Crippen LogP contribution in [0.15, 0.2) is 91.4 Å². The van der Waals surface area contributed by atoms with E-state index < -0.39 is 29.6 Å². The van der Waals surface area contributed by atoms with Crippen molar-refractivity contribution in [1.29, 1.82) is 0 Å². The zero-order chi connectivity index (χ0) is 56.2. The summed E-state index contributed by atoms with van der Waals surface area (Å²) in [5.74, 6) is 0.338. The molecule has 1 unspecified atom stereocenters. The van der Waals surface area contributed by atoms with E-state index in [1.807, 2.05) is 85.6 Å². The number of likely N-dealkylation sites (N-methyl/N-ethyl adjacent to an activating group) is 1. The molecule has 1 fully saturated rings. The number of aromatic nitrogens is 3. The maximum absolute atomic E-state index is 13.6. The number of carbonyl (C=O) groups excluding carboxylic acids is 5. The van der Waals surface area contributed by atoms with Crippen LogP contribution in [0, 0.1) is 6.92 Å². The Morgan fingerprint density at radius 2 is 1.55 bits per heavy atom. The number of halogens is 1. The van der Waals surface area contributed by atoms with Gasteiger partial charge < -0.3 is 46.2 Å². The molecule has 18 nitrogen and oxygen atoms in total. The van der Waals surface area contributed by atoms with Crippen LogP contribution in [0.4, 0.5) is 16.3 Å². The molecule has 2 atom stereocenters. The van der Waals surface area contributed by atoms with Crippen molar-refractivity contribution in [3.63, 3.8) is 0 Å². The lowest BCUT2D eigenvalue weighted by Gasteiger charge is -2.36. The van der Waals surface area contributed by atoms with Gasteiger partial charge in [0.25, 0.3) is 5.91 Å². The molecule has 6 N–H and O–H groups in total. The van der Waals surface area contributed by atoms with Gasteiger partial charge in [0, 0.05) is 76.1 Å². The Balaban J connectivity index is 0.000000342. The number of nitrogens with zero attached hydrogens (tertiary/aromatic N) is 6. The van der Waals surface area contributed by atoms with Crippen molar-refractivity contribution in [3.05, 3.63) is 136 Å². The molecule has 420 valence electrons. The number of unbranched alkanes of at least 4 members (excludes halogenated alkanes) is 2. The Hall–Kier alpha value is -6.99. The molecule has 3 heterocycles. The minimum atomic E-state index is -0.756. The number of aryl methyl sites for hydroxylation is 2. The number of fused-ring (bicyclic) bond motifs is 1. The molecule has 78 heavy (non-hydrogen) atoms. The molecule has 3 aromatic carbocycles. The van der Waals surface area contributed by atoms with Crippen molar-refractivity contribution < 1.29 is 35.2 Å². The number of nitrogens with one attached hydrogen (secondary N) is 5. The molecule has 0 radical (unpaired) electrons. The van der Waals surface area contributed by atoms with E-state index in [1.54, 1.807) is 33.0 Å². The molecule has 0 spiro atoms. The fraction of sp³-hybridized carbons (Fsp3) is 0.458. The summed E-state index contributed by atoms with van der Waals surface area (Å²) in [6.07, 6.45) is 6.41. The summed E-state index contributed by atoms with van der Waals surface area (Å²) in [6, 6.07) is 24.9. The third kappa shape index (κ3) is 18.6. The smallest absolute Gasteiger partial charge is 0.411 e. The summed E-state index contributed by atoms with van der Waals surface area (Å²) in [4.78, 5) is 83.4. The van der Waals surface area contributed by atoms with E-state index in [0.717, 1.165) is 95.8 Å². The van der Waals surface area contributed by atoms with Crippen LogP contribution in [-0.4, -0.2) is 138 Å². The highest BCUT2D eigenvalue weighted by Crippen LogP contribution is 2.43. The second-order valence-electron chi connectivity index (χ2n) is 20.8. The van der Waals surface area contributed by atoms with E-state index in [1.165, 1.54) is 11.2 Å². The molecule has 1 aliphatic heterocycles. The van der Waals surface area contributed by atoms with Gasteiger partial charge in [-0.3, -0.25) is 24.1 Å². The standard InChI is InChI=1S/C39H55N7O5.C20H23ClN4O2.H2/c1-7-29-14-12-16-31(22-29)32-23-33(36(44-24-32)37(49)43-18-10-8-9-17-41-25-34(47)42-20-19-40-6)45-35(48)27-46(38(50)51-39(3,4)5)26-30-15-11-13-28(2)21-30;1-13-10-16(26)19-18(13)20(23-12-22-19)25-8-6-24(7-9-25)17(27)11-14-2-4-15(21)5-3-14;/h11-16,21-24,40-41H,7-10,17-20,25-27H2,1-6H3,(H,42,47)(H,43,49)(H,45,48);2-5,12-13,16,26H,6-11H2,1H3;1H/t;13-,16?;/m.1./s1. The average molecular weight is 1090 g/mol. The van der Waals surface area contributed by atoms with Gasteiger partial charge in [0.05, 0.1) is 30.5 Å². The summed E-state index contributed by atoms with van der Waals surface area (Å²) >= 11 is 5.90. The van der Waals surface area contributed by atoms with Gasteiger partial charge in [0.2, 0.25) is 17.7 Å². The van der Waals surface area contributed by atoms with E-state index in [-0.39, 0.29) is 50.2 Å². The van der Waals surface area contributed by atoms with Crippen LogP contribution in [0.25, 0.3) is 11.1 Å². The first-order valence-electron chi connectivity index (χ1n) is 27.0. The van der Waals surface area contributed by atoms with E-state index in [0.29, 0.717) is 50.6 Å². The van der Waals surface area contributed by atoms with Crippen LogP contribution in [0.5, 0.6) is 0 Å². The van der Waals surface area contributed by atoms with Crippen LogP contribution in [0.2, 0.25) is 5.02 Å². The lowest BCUT2D eigenvalue weighted by molar-refractivity contribution is -0.130. The Labute approximate surface area is 466 Å². The number of hydrogen-bond acceptors (Lipinski definition) is 13. The predicted octanol–water partition coefficient (Wildman–Crippen LogP) is 7.63. The third-order valence-electron chi connectivity index (χ3n) is 13.3. The summed E-state index contributed by atoms with van der Waals surface area (Å²) in [5.41, 5.74) is 7.04. The van der Waals surface area contributed by atoms with Gasteiger partial charge in [-0.25, -0.2) is 19.7 Å². The molecule has 0 bridgehead atoms. The van der Waals surface area contributed by atoms with Crippen LogP contribution >= 0.6 is 11.6 Å². The summed E-state index contributed by atoms with van der Waals surface area (Å²) in [7, 11) is 1.83. The van der Waals surface area contributed by atoms with Crippen LogP contribution in [0.3, 0.4) is 0 Å². The number of aliphatic hydroxyl groups is 1. The monoisotopic (exact) mass is 1090 g/mol. The van der Waals surface area contributed by atoms with Gasteiger partial charge in [0.1, 0.15) is 24.3 Å². The average Bonchev–Trinajstić information content (AvgIpc) is 3.80. The molecule has 1 saturated heterocycles. The summed E-state index contributed by atoms with van der Waals surface area (Å²) < 4.78 is 5.63. The first kappa shape index (κ1) is 60.2. The fourth-order valence-corrected chi connectivity index (χ4v) is 9.34. The molecule has 2 aliphatic rings. The van der Waals surface area contributed by atoms with E-state index >= 15 is 0 Å². The van der Waals surface area contributed by atoms with E-state index in [4.69, 9.17) is 16.3 Å². The molecular formula is C59H80ClN11O7. The van der Waals surface area contributed by atoms with E-state index in [2.05, 4.69) is 66.3 Å². The fourth-order valence-electron chi connectivity index (χ4n) is 9.21. The number of aliphatic hydroxyl groups excluding tert-OH is 1. The van der Waals surface area contributed by atoms with E-state index in [9.17, 15) is 29.1 Å². The largest absolute Gasteiger partial charge is 0.444 e. The predicted molar refractivity (Wildman–Crippen MR) is 308 cm³/mol. The number of hydrogen-bond donors (Lipinski definition) is 6. The van der Waals surface area contributed by atoms with Gasteiger partial charge in [0.15, 0.2) is 5.69 Å². The van der Waals surface area contributed by atoms with Crippen molar-refractivity contribution in [2.45, 2.75) is 104 Å². The van der Waals surface area contributed by atoms with Crippen molar-refractivity contribution >= 4 is 52.8 Å². The second kappa shape index (κ2) is 29.7. The highest BCUT2D eigenvalue weighted by Gasteiger charge is 2.34. The molecule has 5 aromatic rings. The number of anilines is 2. The lowest BCUT2D eigenvalue weighted by atomic mass is 10.0. The summed E-state index contributed by atoms with van der Waals surface area (Å²) in [6.45, 7) is 16.8.